The van der Waals surface area contributed by atoms with Gasteiger partial charge in [-0.05, 0) is 23.9 Å². The van der Waals surface area contributed by atoms with E-state index in [1.807, 2.05) is 17.5 Å². The first-order valence-corrected chi connectivity index (χ1v) is 10.3. The lowest BCUT2D eigenvalue weighted by Crippen LogP contribution is -2.36. The summed E-state index contributed by atoms with van der Waals surface area (Å²) in [6.45, 7) is 1.58. The summed E-state index contributed by atoms with van der Waals surface area (Å²) in [7, 11) is -1.88. The summed E-state index contributed by atoms with van der Waals surface area (Å²) in [6, 6.07) is 3.87. The Labute approximate surface area is 151 Å². The fourth-order valence-corrected chi connectivity index (χ4v) is 4.71. The summed E-state index contributed by atoms with van der Waals surface area (Å²) in [5.74, 6) is -0.0921. The summed E-state index contributed by atoms with van der Waals surface area (Å²) < 4.78 is 28.3. The van der Waals surface area contributed by atoms with Crippen LogP contribution in [0.25, 0.3) is 6.08 Å². The summed E-state index contributed by atoms with van der Waals surface area (Å²) in [5, 5.41) is 2.00. The summed E-state index contributed by atoms with van der Waals surface area (Å²) >= 11 is 1.57. The van der Waals surface area contributed by atoms with Gasteiger partial charge in [-0.2, -0.15) is 4.31 Å². The molecule has 0 spiro atoms. The molecule has 0 saturated carbocycles. The molecule has 0 bridgehead atoms. The van der Waals surface area contributed by atoms with Gasteiger partial charge in [0, 0.05) is 50.4 Å². The molecule has 1 aliphatic heterocycles. The minimum Gasteiger partial charge on any atom is -0.339 e. The molecule has 1 amide bonds. The Morgan fingerprint density at radius 1 is 1.28 bits per heavy atom. The zero-order valence-corrected chi connectivity index (χ0v) is 15.5. The molecule has 3 heterocycles. The number of aryl methyl sites for hydroxylation is 1. The van der Waals surface area contributed by atoms with Crippen LogP contribution >= 0.6 is 11.3 Å². The Hall–Kier alpha value is -1.97. The molecule has 0 N–H and O–H groups in total. The highest BCUT2D eigenvalue weighted by Gasteiger charge is 2.29. The number of imidazole rings is 1. The minimum absolute atomic E-state index is 0.0485. The number of hydrogen-bond acceptors (Lipinski definition) is 5. The molecule has 3 rings (SSSR count). The van der Waals surface area contributed by atoms with Crippen LogP contribution < -0.4 is 0 Å². The van der Waals surface area contributed by atoms with Gasteiger partial charge in [-0.3, -0.25) is 4.79 Å². The highest BCUT2D eigenvalue weighted by atomic mass is 32.2. The predicted octanol–water partition coefficient (Wildman–Crippen LogP) is 1.42. The standard InChI is InChI=1S/C16H20N4O3S2/c1-18-12-15(17-13-18)25(22,23)20-8-3-7-19(9-10-20)16(21)6-5-14-4-2-11-24-14/h2,4-6,11-13H,3,7-10H2,1H3/b6-5+. The van der Waals surface area contributed by atoms with E-state index in [1.165, 1.54) is 16.8 Å². The maximum absolute atomic E-state index is 12.6. The second kappa shape index (κ2) is 7.51. The second-order valence-electron chi connectivity index (χ2n) is 5.81. The molecule has 0 aromatic carbocycles. The maximum atomic E-state index is 12.6. The smallest absolute Gasteiger partial charge is 0.262 e. The molecule has 25 heavy (non-hydrogen) atoms. The molecule has 1 aliphatic rings. The van der Waals surface area contributed by atoms with Crippen molar-refractivity contribution in [1.82, 2.24) is 18.8 Å². The third-order valence-corrected chi connectivity index (χ3v) is 6.61. The quantitative estimate of drug-likeness (QED) is 0.752. The van der Waals surface area contributed by atoms with Crippen LogP contribution in [0.15, 0.2) is 41.1 Å². The van der Waals surface area contributed by atoms with Gasteiger partial charge < -0.3 is 9.47 Å². The highest BCUT2D eigenvalue weighted by Crippen LogP contribution is 2.16. The lowest BCUT2D eigenvalue weighted by atomic mass is 10.3. The van der Waals surface area contributed by atoms with E-state index in [0.29, 0.717) is 26.1 Å². The van der Waals surface area contributed by atoms with E-state index in [9.17, 15) is 13.2 Å². The number of amides is 1. The number of thiophene rings is 1. The summed E-state index contributed by atoms with van der Waals surface area (Å²) in [4.78, 5) is 19.0. The highest BCUT2D eigenvalue weighted by molar-refractivity contribution is 7.89. The normalized spacial score (nSPS) is 17.1. The van der Waals surface area contributed by atoms with Crippen molar-refractivity contribution in [3.05, 3.63) is 41.0 Å². The Bertz CT molecular complexity index is 856. The average Bonchev–Trinajstić information content (AvgIpc) is 3.19. The Morgan fingerprint density at radius 2 is 2.12 bits per heavy atom. The first kappa shape index (κ1) is 17.8. The maximum Gasteiger partial charge on any atom is 0.262 e. The SMILES string of the molecule is Cn1cnc(S(=O)(=O)N2CCCN(C(=O)/C=C/c3cccs3)CC2)c1. The predicted molar refractivity (Wildman–Crippen MR) is 96.5 cm³/mol. The minimum atomic E-state index is -3.61. The Kier molecular flexibility index (Phi) is 5.36. The van der Waals surface area contributed by atoms with Gasteiger partial charge in [-0.15, -0.1) is 11.3 Å². The summed E-state index contributed by atoms with van der Waals surface area (Å²) in [6.07, 6.45) is 6.91. The van der Waals surface area contributed by atoms with Crippen LogP contribution in [-0.4, -0.2) is 59.3 Å². The zero-order chi connectivity index (χ0) is 17.9. The van der Waals surface area contributed by atoms with Gasteiger partial charge in [0.2, 0.25) is 5.91 Å². The first-order chi connectivity index (χ1) is 12.0. The Balaban J connectivity index is 1.65. The second-order valence-corrected chi connectivity index (χ2v) is 8.67. The van der Waals surface area contributed by atoms with Crippen LogP contribution in [-0.2, 0) is 21.9 Å². The van der Waals surface area contributed by atoms with Gasteiger partial charge in [0.15, 0.2) is 5.03 Å². The van der Waals surface area contributed by atoms with E-state index in [4.69, 9.17) is 0 Å². The van der Waals surface area contributed by atoms with Crippen LogP contribution in [0.4, 0.5) is 0 Å². The number of nitrogens with zero attached hydrogens (tertiary/aromatic N) is 4. The fourth-order valence-electron chi connectivity index (χ4n) is 2.65. The van der Waals surface area contributed by atoms with Crippen LogP contribution in [0, 0.1) is 0 Å². The zero-order valence-electron chi connectivity index (χ0n) is 13.9. The van der Waals surface area contributed by atoms with E-state index in [2.05, 4.69) is 4.98 Å². The van der Waals surface area contributed by atoms with E-state index < -0.39 is 10.0 Å². The van der Waals surface area contributed by atoms with E-state index in [-0.39, 0.29) is 17.5 Å². The first-order valence-electron chi connectivity index (χ1n) is 7.95. The molecule has 0 unspecified atom stereocenters. The van der Waals surface area contributed by atoms with Crippen LogP contribution in [0.3, 0.4) is 0 Å². The molecule has 134 valence electrons. The number of carbonyl (C=O) groups is 1. The van der Waals surface area contributed by atoms with Gasteiger partial charge >= 0.3 is 0 Å². The number of rotatable bonds is 4. The average molecular weight is 380 g/mol. The van der Waals surface area contributed by atoms with Gasteiger partial charge in [-0.1, -0.05) is 6.07 Å². The molecule has 0 radical (unpaired) electrons. The largest absolute Gasteiger partial charge is 0.339 e. The van der Waals surface area contributed by atoms with Crippen molar-refractivity contribution in [2.45, 2.75) is 11.4 Å². The third kappa shape index (κ3) is 4.17. The van der Waals surface area contributed by atoms with Crippen LogP contribution in [0.5, 0.6) is 0 Å². The van der Waals surface area contributed by atoms with Crippen molar-refractivity contribution in [3.63, 3.8) is 0 Å². The molecule has 2 aromatic heterocycles. The van der Waals surface area contributed by atoms with Crippen molar-refractivity contribution in [2.24, 2.45) is 7.05 Å². The van der Waals surface area contributed by atoms with Gasteiger partial charge in [0.05, 0.1) is 6.33 Å². The number of sulfonamides is 1. The van der Waals surface area contributed by atoms with Gasteiger partial charge in [0.1, 0.15) is 0 Å². The van der Waals surface area contributed by atoms with Gasteiger partial charge in [0.25, 0.3) is 10.0 Å². The molecule has 2 aromatic rings. The lowest BCUT2D eigenvalue weighted by molar-refractivity contribution is -0.125. The Morgan fingerprint density at radius 3 is 2.80 bits per heavy atom. The molecule has 0 atom stereocenters. The fraction of sp³-hybridized carbons (Fsp3) is 0.375. The lowest BCUT2D eigenvalue weighted by Gasteiger charge is -2.20. The molecular formula is C16H20N4O3S2. The molecule has 1 saturated heterocycles. The molecule has 1 fully saturated rings. The number of aromatic nitrogens is 2. The molecular weight excluding hydrogens is 360 g/mol. The van der Waals surface area contributed by atoms with Gasteiger partial charge in [-0.25, -0.2) is 13.4 Å². The van der Waals surface area contributed by atoms with Crippen molar-refractivity contribution in [2.75, 3.05) is 26.2 Å². The summed E-state index contributed by atoms with van der Waals surface area (Å²) in [5.41, 5.74) is 0. The van der Waals surface area contributed by atoms with Crippen LogP contribution in [0.2, 0.25) is 0 Å². The van der Waals surface area contributed by atoms with Crippen molar-refractivity contribution >= 4 is 33.3 Å². The molecule has 0 aliphatic carbocycles. The van der Waals surface area contributed by atoms with E-state index >= 15 is 0 Å². The van der Waals surface area contributed by atoms with Crippen molar-refractivity contribution in [1.29, 1.82) is 0 Å². The molecule has 9 heteroatoms. The molecule has 7 nitrogen and oxygen atoms in total. The van der Waals surface area contributed by atoms with E-state index in [1.54, 1.807) is 40.0 Å². The monoisotopic (exact) mass is 380 g/mol. The van der Waals surface area contributed by atoms with Crippen molar-refractivity contribution in [3.8, 4) is 0 Å². The number of hydrogen-bond donors (Lipinski definition) is 0. The number of carbonyl (C=O) groups excluding carboxylic acids is 1. The van der Waals surface area contributed by atoms with Crippen molar-refractivity contribution < 1.29 is 13.2 Å². The van der Waals surface area contributed by atoms with E-state index in [0.717, 1.165) is 4.88 Å². The topological polar surface area (TPSA) is 75.5 Å². The third-order valence-electron chi connectivity index (χ3n) is 3.99. The van der Waals surface area contributed by atoms with Crippen LogP contribution in [0.1, 0.15) is 11.3 Å².